The van der Waals surface area contributed by atoms with Crippen molar-refractivity contribution in [3.63, 3.8) is 0 Å². The lowest BCUT2D eigenvalue weighted by molar-refractivity contribution is -0.454. The topological polar surface area (TPSA) is 83.9 Å². The van der Waals surface area contributed by atoms with Gasteiger partial charge in [-0.15, -0.1) is 5.10 Å². The van der Waals surface area contributed by atoms with Gasteiger partial charge in [-0.1, -0.05) is 47.5 Å². The van der Waals surface area contributed by atoms with Gasteiger partial charge >= 0.3 is 11.9 Å². The number of hydrogen-bond acceptors (Lipinski definition) is 3. The second-order valence-electron chi connectivity index (χ2n) is 7.44. The Morgan fingerprint density at radius 2 is 1.68 bits per heavy atom. The van der Waals surface area contributed by atoms with E-state index in [1.807, 2.05) is 80.6 Å². The molecule has 0 aromatic heterocycles. The molecule has 0 bridgehead atoms. The molecule has 1 atom stereocenters. The highest BCUT2D eigenvalue weighted by Crippen LogP contribution is 2.27. The van der Waals surface area contributed by atoms with E-state index in [9.17, 15) is 14.7 Å². The number of rotatable bonds is 5. The predicted octanol–water partition coefficient (Wildman–Crippen LogP) is 2.85. The van der Waals surface area contributed by atoms with E-state index >= 15 is 0 Å². The minimum Gasteiger partial charge on any atom is -0.478 e. The Morgan fingerprint density at radius 3 is 2.32 bits per heavy atom. The number of benzene rings is 3. The third kappa shape index (κ3) is 4.00. The molecule has 2 N–H and O–H groups in total. The summed E-state index contributed by atoms with van der Waals surface area (Å²) in [5.41, 5.74) is 4.34. The molecule has 1 heterocycles. The lowest BCUT2D eigenvalue weighted by atomic mass is 9.97. The maximum absolute atomic E-state index is 13.3. The van der Waals surface area contributed by atoms with E-state index in [-0.39, 0.29) is 11.5 Å². The maximum Gasteiger partial charge on any atom is 0.337 e. The number of anilines is 1. The lowest BCUT2D eigenvalue weighted by Crippen LogP contribution is -2.82. The SMILES string of the molecule is Cc1cc(C)c(N=CC2C(=O)N(c3ccccc3)[NH+]=C2c2ccccc2)c(C(=O)O)c1. The molecule has 1 unspecified atom stereocenters. The van der Waals surface area contributed by atoms with Crippen LogP contribution >= 0.6 is 0 Å². The molecule has 0 fully saturated rings. The normalized spacial score (nSPS) is 16.1. The number of carbonyl (C=O) groups is 2. The molecule has 4 rings (SSSR count). The van der Waals surface area contributed by atoms with Crippen LogP contribution in [0.3, 0.4) is 0 Å². The number of hydrazone groups is 1. The van der Waals surface area contributed by atoms with Crippen LogP contribution in [0, 0.1) is 19.8 Å². The highest BCUT2D eigenvalue weighted by Gasteiger charge is 2.42. The van der Waals surface area contributed by atoms with Gasteiger partial charge in [-0.3, -0.25) is 9.79 Å². The number of aromatic carboxylic acids is 1. The zero-order valence-electron chi connectivity index (χ0n) is 17.2. The van der Waals surface area contributed by atoms with Gasteiger partial charge in [-0.05, 0) is 55.3 Å². The van der Waals surface area contributed by atoms with Crippen LogP contribution in [0.15, 0.2) is 77.8 Å². The van der Waals surface area contributed by atoms with Crippen molar-refractivity contribution < 1.29 is 19.8 Å². The summed E-state index contributed by atoms with van der Waals surface area (Å²) in [6.07, 6.45) is 1.53. The Kier molecular flexibility index (Phi) is 5.45. The number of aliphatic imine (C=N–C) groups is 1. The summed E-state index contributed by atoms with van der Waals surface area (Å²) in [6.45, 7) is 3.66. The van der Waals surface area contributed by atoms with Crippen LogP contribution < -0.4 is 10.1 Å². The van der Waals surface area contributed by atoms with Crippen LogP contribution in [0.5, 0.6) is 0 Å². The number of hydrogen-bond donors (Lipinski definition) is 2. The van der Waals surface area contributed by atoms with Crippen LogP contribution in [-0.4, -0.2) is 28.9 Å². The summed E-state index contributed by atoms with van der Waals surface area (Å²) in [4.78, 5) is 29.5. The number of carboxylic acid groups (broad SMARTS) is 1. The summed E-state index contributed by atoms with van der Waals surface area (Å²) in [5.74, 6) is -1.91. The molecule has 0 aliphatic carbocycles. The van der Waals surface area contributed by atoms with Gasteiger partial charge in [0.05, 0.1) is 11.3 Å². The third-order valence-corrected chi connectivity index (χ3v) is 5.16. The van der Waals surface area contributed by atoms with Crippen molar-refractivity contribution in [2.24, 2.45) is 10.9 Å². The van der Waals surface area contributed by atoms with E-state index in [4.69, 9.17) is 0 Å². The molecule has 3 aromatic rings. The zero-order valence-corrected chi connectivity index (χ0v) is 17.2. The smallest absolute Gasteiger partial charge is 0.337 e. The molecule has 31 heavy (non-hydrogen) atoms. The fourth-order valence-electron chi connectivity index (χ4n) is 3.72. The summed E-state index contributed by atoms with van der Waals surface area (Å²) in [6, 6.07) is 22.3. The van der Waals surface area contributed by atoms with Gasteiger partial charge in [-0.25, -0.2) is 4.79 Å². The Bertz CT molecular complexity index is 1200. The minimum atomic E-state index is -1.05. The Morgan fingerprint density at radius 1 is 1.03 bits per heavy atom. The van der Waals surface area contributed by atoms with Crippen LogP contribution in [0.25, 0.3) is 0 Å². The highest BCUT2D eigenvalue weighted by atomic mass is 16.4. The van der Waals surface area contributed by atoms with Gasteiger partial charge in [0.1, 0.15) is 5.69 Å². The maximum atomic E-state index is 13.3. The molecule has 3 aromatic carbocycles. The fourth-order valence-corrected chi connectivity index (χ4v) is 3.72. The van der Waals surface area contributed by atoms with Crippen molar-refractivity contribution in [1.82, 2.24) is 0 Å². The van der Waals surface area contributed by atoms with Crippen molar-refractivity contribution in [3.8, 4) is 0 Å². The molecular formula is C25H22N3O3+. The van der Waals surface area contributed by atoms with Gasteiger partial charge in [0.15, 0.2) is 5.92 Å². The number of amides is 1. The number of hydrazine groups is 1. The van der Waals surface area contributed by atoms with E-state index in [1.54, 1.807) is 6.07 Å². The average Bonchev–Trinajstić information content (AvgIpc) is 3.10. The van der Waals surface area contributed by atoms with E-state index in [0.29, 0.717) is 11.4 Å². The van der Waals surface area contributed by atoms with Gasteiger partial charge < -0.3 is 5.11 Å². The quantitative estimate of drug-likeness (QED) is 0.632. The first-order chi connectivity index (χ1) is 15.0. The largest absolute Gasteiger partial charge is 0.478 e. The van der Waals surface area contributed by atoms with Gasteiger partial charge in [-0.2, -0.15) is 0 Å². The van der Waals surface area contributed by atoms with Crippen molar-refractivity contribution in [2.45, 2.75) is 13.8 Å². The van der Waals surface area contributed by atoms with E-state index in [0.717, 1.165) is 22.4 Å². The van der Waals surface area contributed by atoms with Crippen LogP contribution in [0.2, 0.25) is 0 Å². The molecule has 0 spiro atoms. The Labute approximate surface area is 180 Å². The number of aryl methyl sites for hydroxylation is 2. The monoisotopic (exact) mass is 412 g/mol. The molecule has 6 heteroatoms. The summed E-state index contributed by atoms with van der Waals surface area (Å²) in [7, 11) is 0. The number of nitrogens with one attached hydrogen (secondary N) is 1. The molecule has 6 nitrogen and oxygen atoms in total. The fraction of sp³-hybridized carbons (Fsp3) is 0.120. The van der Waals surface area contributed by atoms with Crippen LogP contribution in [0.1, 0.15) is 27.0 Å². The van der Waals surface area contributed by atoms with Crippen molar-refractivity contribution in [2.75, 3.05) is 5.01 Å². The molecule has 0 saturated carbocycles. The first-order valence-corrected chi connectivity index (χ1v) is 9.92. The number of para-hydroxylation sites is 1. The van der Waals surface area contributed by atoms with E-state index < -0.39 is 11.9 Å². The number of nitrogens with zero attached hydrogens (tertiary/aromatic N) is 2. The molecule has 1 amide bonds. The lowest BCUT2D eigenvalue weighted by Gasteiger charge is -2.09. The van der Waals surface area contributed by atoms with Crippen LogP contribution in [0.4, 0.5) is 11.4 Å². The van der Waals surface area contributed by atoms with Crippen molar-refractivity contribution in [3.05, 3.63) is 95.1 Å². The van der Waals surface area contributed by atoms with Gasteiger partial charge in [0.25, 0.3) is 0 Å². The second kappa shape index (κ2) is 8.36. The molecule has 1 aliphatic heterocycles. The number of carbonyl (C=O) groups excluding carboxylic acids is 1. The van der Waals surface area contributed by atoms with Gasteiger partial charge in [0.2, 0.25) is 5.71 Å². The Hall–Kier alpha value is -4.06. The Balaban J connectivity index is 1.77. The third-order valence-electron chi connectivity index (χ3n) is 5.16. The standard InChI is InChI=1S/C25H21N3O3/c1-16-13-17(2)22(20(14-16)25(30)31)26-15-21-23(18-9-5-3-6-10-18)27-28(24(21)29)19-11-7-4-8-12-19/h3-15,21H,1-2H3,(H,30,31)/p+1. The first kappa shape index (κ1) is 20.2. The van der Waals surface area contributed by atoms with Crippen molar-refractivity contribution >= 4 is 35.2 Å². The van der Waals surface area contributed by atoms with E-state index in [1.165, 1.54) is 11.2 Å². The highest BCUT2D eigenvalue weighted by molar-refractivity contribution is 6.25. The van der Waals surface area contributed by atoms with E-state index in [2.05, 4.69) is 10.1 Å². The molecule has 1 aliphatic rings. The summed E-state index contributed by atoms with van der Waals surface area (Å²) < 4.78 is 0. The molecule has 0 saturated heterocycles. The molecule has 0 radical (unpaired) electrons. The second-order valence-corrected chi connectivity index (χ2v) is 7.44. The zero-order chi connectivity index (χ0) is 22.0. The molecular weight excluding hydrogens is 390 g/mol. The summed E-state index contributed by atoms with van der Waals surface area (Å²) >= 11 is 0. The predicted molar refractivity (Wildman–Crippen MR) is 120 cm³/mol. The molecule has 154 valence electrons. The minimum absolute atomic E-state index is 0.119. The van der Waals surface area contributed by atoms with Crippen LogP contribution in [-0.2, 0) is 4.79 Å². The van der Waals surface area contributed by atoms with Crippen molar-refractivity contribution in [1.29, 1.82) is 0 Å². The van der Waals surface area contributed by atoms with Gasteiger partial charge in [0, 0.05) is 11.8 Å². The summed E-state index contributed by atoms with van der Waals surface area (Å²) in [5, 5.41) is 14.3. The first-order valence-electron chi connectivity index (χ1n) is 9.92. The average molecular weight is 412 g/mol. The number of carboxylic acids is 1.